The molecule has 8 heteroatoms. The second-order valence-corrected chi connectivity index (χ2v) is 10.1. The molecule has 3 aromatic carbocycles. The van der Waals surface area contributed by atoms with Crippen molar-refractivity contribution in [2.24, 2.45) is 4.99 Å². The molecule has 2 heterocycles. The second-order valence-electron chi connectivity index (χ2n) is 10.1. The fourth-order valence-electron chi connectivity index (χ4n) is 4.89. The Morgan fingerprint density at radius 1 is 0.846 bits per heavy atom. The van der Waals surface area contributed by atoms with Crippen molar-refractivity contribution in [1.29, 1.82) is 0 Å². The normalized spacial score (nSPS) is 19.3. The predicted octanol–water partition coefficient (Wildman–Crippen LogP) is 6.75. The van der Waals surface area contributed by atoms with E-state index < -0.39 is 6.18 Å². The highest BCUT2D eigenvalue weighted by molar-refractivity contribution is 6.10. The minimum atomic E-state index is -4.00. The van der Waals surface area contributed by atoms with Gasteiger partial charge in [-0.05, 0) is 37.5 Å². The number of carbonyl (C=O) groups is 1. The Labute approximate surface area is 228 Å². The zero-order valence-electron chi connectivity index (χ0n) is 22.8. The van der Waals surface area contributed by atoms with Crippen LogP contribution in [0.3, 0.4) is 0 Å². The zero-order valence-corrected chi connectivity index (χ0v) is 22.8. The summed E-state index contributed by atoms with van der Waals surface area (Å²) in [4.78, 5) is 23.3. The average Bonchev–Trinajstić information content (AvgIpc) is 3.29. The van der Waals surface area contributed by atoms with Gasteiger partial charge in [0.15, 0.2) is 0 Å². The quantitative estimate of drug-likeness (QED) is 0.403. The fraction of sp³-hybridized carbons (Fsp3) is 0.355. The van der Waals surface area contributed by atoms with Gasteiger partial charge in [0.25, 0.3) is 0 Å². The fourth-order valence-corrected chi connectivity index (χ4v) is 4.89. The van der Waals surface area contributed by atoms with Gasteiger partial charge in [0.2, 0.25) is 0 Å². The van der Waals surface area contributed by atoms with Crippen molar-refractivity contribution in [1.82, 2.24) is 15.1 Å². The molecule has 2 aliphatic heterocycles. The average molecular weight is 537 g/mol. The summed E-state index contributed by atoms with van der Waals surface area (Å²) in [6.07, 6.45) is -4.00. The monoisotopic (exact) mass is 536 g/mol. The summed E-state index contributed by atoms with van der Waals surface area (Å²) >= 11 is 0. The third kappa shape index (κ3) is 7.06. The molecule has 0 radical (unpaired) electrons. The molecule has 0 bridgehead atoms. The minimum Gasteiger partial charge on any atom is -0.322 e. The van der Waals surface area contributed by atoms with Crippen LogP contribution < -0.4 is 5.32 Å². The molecule has 2 amide bonds. The van der Waals surface area contributed by atoms with Gasteiger partial charge >= 0.3 is 12.2 Å². The molecule has 3 aromatic rings. The predicted molar refractivity (Wildman–Crippen MR) is 149 cm³/mol. The number of piperazine rings is 1. The zero-order chi connectivity index (χ0) is 28.2. The smallest absolute Gasteiger partial charge is 0.322 e. The summed E-state index contributed by atoms with van der Waals surface area (Å²) in [6.45, 7) is 9.49. The molecule has 1 fully saturated rings. The number of aryl methyl sites for hydroxylation is 3. The van der Waals surface area contributed by atoms with Crippen molar-refractivity contribution in [3.8, 4) is 0 Å². The molecule has 0 aliphatic carbocycles. The molecule has 1 N–H and O–H groups in total. The Morgan fingerprint density at radius 2 is 1.36 bits per heavy atom. The standard InChI is InChI=1S/C29H32N4O.C2H3F3/c1-20-8-12-23(13-9-20)26-27(24-14-10-21(2)11-15-24)33(29(34)32-18-16-30-17-19-32)28(31-26)25-7-5-4-6-22(25)3;1-2(3,4)5/h4-15,26-27,30H,16-19H2,1-3H3;1H3. The number of amidine groups is 1. The first-order valence-corrected chi connectivity index (χ1v) is 13.2. The highest BCUT2D eigenvalue weighted by Gasteiger charge is 2.44. The number of aliphatic imine (C=N–C) groups is 1. The second kappa shape index (κ2) is 12.0. The van der Waals surface area contributed by atoms with Crippen LogP contribution in [0.25, 0.3) is 0 Å². The lowest BCUT2D eigenvalue weighted by Gasteiger charge is -2.36. The summed E-state index contributed by atoms with van der Waals surface area (Å²) in [5.74, 6) is 0.762. The highest BCUT2D eigenvalue weighted by Crippen LogP contribution is 2.44. The molecule has 5 rings (SSSR count). The van der Waals surface area contributed by atoms with Gasteiger partial charge in [-0.2, -0.15) is 13.2 Å². The van der Waals surface area contributed by atoms with Gasteiger partial charge in [0, 0.05) is 38.7 Å². The molecule has 39 heavy (non-hydrogen) atoms. The summed E-state index contributed by atoms with van der Waals surface area (Å²) in [6, 6.07) is 25.0. The van der Waals surface area contributed by atoms with Crippen LogP contribution in [-0.2, 0) is 0 Å². The van der Waals surface area contributed by atoms with E-state index in [0.29, 0.717) is 13.1 Å². The number of nitrogens with zero attached hydrogens (tertiary/aromatic N) is 3. The maximum atomic E-state index is 14.1. The topological polar surface area (TPSA) is 47.9 Å². The maximum Gasteiger partial charge on any atom is 0.386 e. The minimum absolute atomic E-state index is 0.0312. The lowest BCUT2D eigenvalue weighted by molar-refractivity contribution is -0.110. The Kier molecular flexibility index (Phi) is 8.75. The van der Waals surface area contributed by atoms with Crippen molar-refractivity contribution in [3.63, 3.8) is 0 Å². The first-order chi connectivity index (χ1) is 18.5. The van der Waals surface area contributed by atoms with Crippen LogP contribution in [0.4, 0.5) is 18.0 Å². The third-order valence-electron chi connectivity index (χ3n) is 6.88. The SMILES string of the molecule is CC(F)(F)F.Cc1ccc(C2N=C(c3ccccc3C)N(C(=O)N3CCNCC3)C2c2ccc(C)cc2)cc1. The number of benzene rings is 3. The van der Waals surface area contributed by atoms with E-state index in [0.717, 1.165) is 41.2 Å². The van der Waals surface area contributed by atoms with Crippen molar-refractivity contribution in [2.75, 3.05) is 26.2 Å². The van der Waals surface area contributed by atoms with E-state index in [9.17, 15) is 18.0 Å². The van der Waals surface area contributed by atoms with Gasteiger partial charge in [0.05, 0.1) is 6.04 Å². The van der Waals surface area contributed by atoms with Crippen LogP contribution in [0.1, 0.15) is 52.4 Å². The number of urea groups is 1. The van der Waals surface area contributed by atoms with Crippen LogP contribution in [0.2, 0.25) is 0 Å². The molecule has 1 saturated heterocycles. The molecule has 0 saturated carbocycles. The number of halogens is 3. The molecular weight excluding hydrogens is 501 g/mol. The molecule has 0 aromatic heterocycles. The molecular formula is C31H35F3N4O. The van der Waals surface area contributed by atoms with E-state index in [4.69, 9.17) is 4.99 Å². The molecule has 2 aliphatic rings. The van der Waals surface area contributed by atoms with E-state index in [1.165, 1.54) is 11.1 Å². The van der Waals surface area contributed by atoms with Gasteiger partial charge < -0.3 is 10.2 Å². The Bertz CT molecular complexity index is 1290. The number of hydrogen-bond donors (Lipinski definition) is 1. The molecule has 2 unspecified atom stereocenters. The largest absolute Gasteiger partial charge is 0.386 e. The first-order valence-electron chi connectivity index (χ1n) is 13.2. The van der Waals surface area contributed by atoms with Crippen molar-refractivity contribution in [2.45, 2.75) is 46.0 Å². The van der Waals surface area contributed by atoms with Gasteiger partial charge in [0.1, 0.15) is 11.9 Å². The van der Waals surface area contributed by atoms with Crippen LogP contribution in [0.15, 0.2) is 77.8 Å². The maximum absolute atomic E-state index is 14.1. The van der Waals surface area contributed by atoms with Crippen molar-refractivity contribution < 1.29 is 18.0 Å². The summed E-state index contributed by atoms with van der Waals surface area (Å²) in [5, 5.41) is 3.36. The number of hydrogen-bond acceptors (Lipinski definition) is 3. The molecule has 2 atom stereocenters. The summed E-state index contributed by atoms with van der Waals surface area (Å²) in [5.41, 5.74) is 6.77. The van der Waals surface area contributed by atoms with E-state index in [2.05, 4.69) is 86.8 Å². The molecule has 206 valence electrons. The van der Waals surface area contributed by atoms with Crippen LogP contribution in [0.5, 0.6) is 0 Å². The van der Waals surface area contributed by atoms with Crippen molar-refractivity contribution >= 4 is 11.9 Å². The van der Waals surface area contributed by atoms with E-state index in [1.807, 2.05) is 21.9 Å². The summed E-state index contributed by atoms with van der Waals surface area (Å²) in [7, 11) is 0. The van der Waals surface area contributed by atoms with Gasteiger partial charge in [-0.15, -0.1) is 0 Å². The van der Waals surface area contributed by atoms with Crippen molar-refractivity contribution in [3.05, 3.63) is 106 Å². The third-order valence-corrected chi connectivity index (χ3v) is 6.88. The number of amides is 2. The van der Waals surface area contributed by atoms with E-state index >= 15 is 0 Å². The van der Waals surface area contributed by atoms with Crippen LogP contribution in [0, 0.1) is 20.8 Å². The molecule has 0 spiro atoms. The number of rotatable bonds is 3. The van der Waals surface area contributed by atoms with Gasteiger partial charge in [-0.3, -0.25) is 9.89 Å². The molecule has 5 nitrogen and oxygen atoms in total. The Balaban J connectivity index is 0.000000648. The number of carbonyl (C=O) groups excluding carboxylic acids is 1. The lowest BCUT2D eigenvalue weighted by atomic mass is 9.92. The van der Waals surface area contributed by atoms with E-state index in [1.54, 1.807) is 0 Å². The van der Waals surface area contributed by atoms with Gasteiger partial charge in [-0.1, -0.05) is 83.9 Å². The van der Waals surface area contributed by atoms with Crippen LogP contribution in [-0.4, -0.2) is 54.0 Å². The van der Waals surface area contributed by atoms with E-state index in [-0.39, 0.29) is 25.0 Å². The van der Waals surface area contributed by atoms with Gasteiger partial charge in [-0.25, -0.2) is 4.79 Å². The Hall–Kier alpha value is -3.65. The number of alkyl halides is 3. The van der Waals surface area contributed by atoms with Crippen LogP contribution >= 0.6 is 0 Å². The highest BCUT2D eigenvalue weighted by atomic mass is 19.4. The summed E-state index contributed by atoms with van der Waals surface area (Å²) < 4.78 is 31.1. The number of nitrogens with one attached hydrogen (secondary N) is 1. The Morgan fingerprint density at radius 3 is 1.90 bits per heavy atom. The first kappa shape index (κ1) is 28.4. The lowest BCUT2D eigenvalue weighted by Crippen LogP contribution is -2.53.